The molecule has 4 rings (SSSR count). The summed E-state index contributed by atoms with van der Waals surface area (Å²) in [5.41, 5.74) is 2.04. The van der Waals surface area contributed by atoms with Gasteiger partial charge in [0.05, 0.1) is 5.56 Å². The average molecular weight is 396 g/mol. The SMILES string of the molecule is CC(C)(C)N1CCC(Oc2ccc(-n3ccc(C(=O)N4CCCC4)c3)cc2)CC1. The van der Waals surface area contributed by atoms with Gasteiger partial charge in [-0.25, -0.2) is 0 Å². The molecule has 0 radical (unpaired) electrons. The summed E-state index contributed by atoms with van der Waals surface area (Å²) in [5.74, 6) is 1.06. The van der Waals surface area contributed by atoms with Gasteiger partial charge in [0.1, 0.15) is 11.9 Å². The summed E-state index contributed by atoms with van der Waals surface area (Å²) < 4.78 is 8.23. The molecule has 1 aromatic carbocycles. The van der Waals surface area contributed by atoms with Gasteiger partial charge in [-0.3, -0.25) is 9.69 Å². The van der Waals surface area contributed by atoms with E-state index in [1.807, 2.05) is 40.1 Å². The summed E-state index contributed by atoms with van der Waals surface area (Å²) in [6.07, 6.45) is 8.54. The standard InChI is InChI=1S/C24H33N3O2/c1-24(2,3)27-16-11-22(12-17-27)29-21-8-6-20(7-9-21)26-15-10-19(18-26)23(28)25-13-4-5-14-25/h6-10,15,18,22H,4-5,11-14,16-17H2,1-3H3. The van der Waals surface area contributed by atoms with Crippen LogP contribution in [0.25, 0.3) is 5.69 Å². The number of nitrogens with zero attached hydrogens (tertiary/aromatic N) is 3. The lowest BCUT2D eigenvalue weighted by molar-refractivity contribution is 0.0491. The van der Waals surface area contributed by atoms with E-state index in [9.17, 15) is 4.79 Å². The van der Waals surface area contributed by atoms with Crippen molar-refractivity contribution in [3.05, 3.63) is 48.3 Å². The van der Waals surface area contributed by atoms with E-state index in [2.05, 4.69) is 37.8 Å². The van der Waals surface area contributed by atoms with Crippen LogP contribution in [0.4, 0.5) is 0 Å². The molecule has 0 aliphatic carbocycles. The van der Waals surface area contributed by atoms with E-state index in [1.165, 1.54) is 0 Å². The second-order valence-electron chi connectivity index (χ2n) is 9.28. The third-order valence-electron chi connectivity index (χ3n) is 6.16. The molecule has 2 fully saturated rings. The highest BCUT2D eigenvalue weighted by molar-refractivity contribution is 5.94. The molecule has 29 heavy (non-hydrogen) atoms. The molecular weight excluding hydrogens is 362 g/mol. The van der Waals surface area contributed by atoms with Gasteiger partial charge < -0.3 is 14.2 Å². The Labute approximate surface area is 174 Å². The van der Waals surface area contributed by atoms with E-state index < -0.39 is 0 Å². The number of carbonyl (C=O) groups excluding carboxylic acids is 1. The van der Waals surface area contributed by atoms with Crippen LogP contribution in [0.2, 0.25) is 0 Å². The smallest absolute Gasteiger partial charge is 0.255 e. The second-order valence-corrected chi connectivity index (χ2v) is 9.28. The Morgan fingerprint density at radius 3 is 2.24 bits per heavy atom. The number of likely N-dealkylation sites (tertiary alicyclic amines) is 2. The number of ether oxygens (including phenoxy) is 1. The van der Waals surface area contributed by atoms with Crippen molar-refractivity contribution in [2.24, 2.45) is 0 Å². The van der Waals surface area contributed by atoms with E-state index in [4.69, 9.17) is 4.74 Å². The summed E-state index contributed by atoms with van der Waals surface area (Å²) >= 11 is 0. The first-order valence-electron chi connectivity index (χ1n) is 10.9. The molecule has 1 aromatic heterocycles. The maximum Gasteiger partial charge on any atom is 0.255 e. The highest BCUT2D eigenvalue weighted by Gasteiger charge is 2.27. The molecule has 2 saturated heterocycles. The number of amides is 1. The Balaban J connectivity index is 1.34. The van der Waals surface area contributed by atoms with Gasteiger partial charge in [0, 0.05) is 49.8 Å². The summed E-state index contributed by atoms with van der Waals surface area (Å²) in [4.78, 5) is 17.0. The predicted molar refractivity (Wildman–Crippen MR) is 116 cm³/mol. The Morgan fingerprint density at radius 1 is 0.966 bits per heavy atom. The van der Waals surface area contributed by atoms with Gasteiger partial charge in [-0.15, -0.1) is 0 Å². The molecule has 1 amide bonds. The van der Waals surface area contributed by atoms with E-state index in [0.29, 0.717) is 0 Å². The molecule has 0 unspecified atom stereocenters. The molecule has 0 atom stereocenters. The first-order valence-corrected chi connectivity index (χ1v) is 10.9. The van der Waals surface area contributed by atoms with Crippen molar-refractivity contribution in [1.82, 2.24) is 14.4 Å². The summed E-state index contributed by atoms with van der Waals surface area (Å²) in [7, 11) is 0. The highest BCUT2D eigenvalue weighted by atomic mass is 16.5. The van der Waals surface area contributed by atoms with Crippen LogP contribution < -0.4 is 4.74 Å². The van der Waals surface area contributed by atoms with Crippen molar-refractivity contribution in [3.8, 4) is 11.4 Å². The average Bonchev–Trinajstić information content (AvgIpc) is 3.40. The largest absolute Gasteiger partial charge is 0.490 e. The maximum atomic E-state index is 12.5. The Hall–Kier alpha value is -2.27. The van der Waals surface area contributed by atoms with Crippen LogP contribution in [-0.4, -0.2) is 58.1 Å². The number of benzene rings is 1. The lowest BCUT2D eigenvalue weighted by Crippen LogP contribution is -2.48. The van der Waals surface area contributed by atoms with Gasteiger partial charge in [-0.05, 0) is 76.8 Å². The van der Waals surface area contributed by atoms with Crippen LogP contribution in [-0.2, 0) is 0 Å². The monoisotopic (exact) mass is 395 g/mol. The predicted octanol–water partition coefficient (Wildman–Crippen LogP) is 4.36. The van der Waals surface area contributed by atoms with Crippen LogP contribution in [0.1, 0.15) is 56.8 Å². The lowest BCUT2D eigenvalue weighted by Gasteiger charge is -2.40. The van der Waals surface area contributed by atoms with E-state index in [1.54, 1.807) is 0 Å². The number of aromatic nitrogens is 1. The first-order chi connectivity index (χ1) is 13.9. The molecule has 5 heteroatoms. The number of hydrogen-bond donors (Lipinski definition) is 0. The fraction of sp³-hybridized carbons (Fsp3) is 0.542. The van der Waals surface area contributed by atoms with Gasteiger partial charge in [0.25, 0.3) is 5.91 Å². The normalized spacial score (nSPS) is 18.9. The molecule has 0 spiro atoms. The number of hydrogen-bond acceptors (Lipinski definition) is 3. The Bertz CT molecular complexity index is 821. The third kappa shape index (κ3) is 4.67. The zero-order chi connectivity index (χ0) is 20.4. The molecular formula is C24H33N3O2. The molecule has 2 aromatic rings. The number of piperidine rings is 1. The van der Waals surface area contributed by atoms with Crippen LogP contribution in [0.3, 0.4) is 0 Å². The van der Waals surface area contributed by atoms with Crippen molar-refractivity contribution >= 4 is 5.91 Å². The highest BCUT2D eigenvalue weighted by Crippen LogP contribution is 2.25. The first kappa shape index (κ1) is 20.0. The Morgan fingerprint density at radius 2 is 1.62 bits per heavy atom. The van der Waals surface area contributed by atoms with Gasteiger partial charge in [0.2, 0.25) is 0 Å². The minimum atomic E-state index is 0.141. The molecule has 2 aliphatic rings. The summed E-state index contributed by atoms with van der Waals surface area (Å²) in [6.45, 7) is 10.8. The lowest BCUT2D eigenvalue weighted by atomic mass is 9.99. The molecule has 0 N–H and O–H groups in total. The van der Waals surface area contributed by atoms with Crippen molar-refractivity contribution in [2.75, 3.05) is 26.2 Å². The topological polar surface area (TPSA) is 37.7 Å². The molecule has 0 bridgehead atoms. The summed E-state index contributed by atoms with van der Waals surface area (Å²) in [5, 5.41) is 0. The van der Waals surface area contributed by atoms with Gasteiger partial charge >= 0.3 is 0 Å². The van der Waals surface area contributed by atoms with Crippen LogP contribution >= 0.6 is 0 Å². The van der Waals surface area contributed by atoms with Gasteiger partial charge in [-0.1, -0.05) is 0 Å². The molecule has 5 nitrogen and oxygen atoms in total. The molecule has 3 heterocycles. The van der Waals surface area contributed by atoms with E-state index >= 15 is 0 Å². The van der Waals surface area contributed by atoms with Gasteiger partial charge in [-0.2, -0.15) is 0 Å². The fourth-order valence-corrected chi connectivity index (χ4v) is 4.32. The zero-order valence-corrected chi connectivity index (χ0v) is 17.9. The Kier molecular flexibility index (Phi) is 5.68. The molecule has 2 aliphatic heterocycles. The van der Waals surface area contributed by atoms with Crippen molar-refractivity contribution in [2.45, 2.75) is 58.1 Å². The summed E-state index contributed by atoms with van der Waals surface area (Å²) in [6, 6.07) is 10.1. The zero-order valence-electron chi connectivity index (χ0n) is 17.9. The molecule has 0 saturated carbocycles. The van der Waals surface area contributed by atoms with Crippen LogP contribution in [0.5, 0.6) is 5.75 Å². The van der Waals surface area contributed by atoms with E-state index in [-0.39, 0.29) is 17.6 Å². The van der Waals surface area contributed by atoms with E-state index in [0.717, 1.165) is 68.9 Å². The quantitative estimate of drug-likeness (QED) is 0.772. The minimum Gasteiger partial charge on any atom is -0.490 e. The van der Waals surface area contributed by atoms with Crippen molar-refractivity contribution < 1.29 is 9.53 Å². The number of carbonyl (C=O) groups is 1. The van der Waals surface area contributed by atoms with Crippen LogP contribution in [0.15, 0.2) is 42.7 Å². The van der Waals surface area contributed by atoms with Gasteiger partial charge in [0.15, 0.2) is 0 Å². The fourth-order valence-electron chi connectivity index (χ4n) is 4.32. The molecule has 156 valence electrons. The second kappa shape index (κ2) is 8.23. The van der Waals surface area contributed by atoms with Crippen molar-refractivity contribution in [1.29, 1.82) is 0 Å². The third-order valence-corrected chi connectivity index (χ3v) is 6.16. The minimum absolute atomic E-state index is 0.141. The van der Waals surface area contributed by atoms with Crippen LogP contribution in [0, 0.1) is 0 Å². The van der Waals surface area contributed by atoms with Crippen molar-refractivity contribution in [3.63, 3.8) is 0 Å². The number of rotatable bonds is 4. The maximum absolute atomic E-state index is 12.5.